The Morgan fingerprint density at radius 3 is 1.05 bits per heavy atom. The number of allylic oxidation sites excluding steroid dienone is 6. The summed E-state index contributed by atoms with van der Waals surface area (Å²) >= 11 is 0. The molecule has 0 fully saturated rings. The van der Waals surface area contributed by atoms with Crippen molar-refractivity contribution < 1.29 is 28.6 Å². The van der Waals surface area contributed by atoms with Crippen molar-refractivity contribution in [1.29, 1.82) is 0 Å². The lowest BCUT2D eigenvalue weighted by atomic mass is 10.0. The molecular formula is C52H94O6. The first-order valence-corrected chi connectivity index (χ1v) is 25.0. The lowest BCUT2D eigenvalue weighted by Gasteiger charge is -2.18. The fourth-order valence-corrected chi connectivity index (χ4v) is 7.04. The first-order valence-electron chi connectivity index (χ1n) is 25.0. The zero-order chi connectivity index (χ0) is 42.3. The number of rotatable bonds is 45. The summed E-state index contributed by atoms with van der Waals surface area (Å²) in [5.74, 6) is -0.886. The van der Waals surface area contributed by atoms with Crippen LogP contribution in [0.4, 0.5) is 0 Å². The van der Waals surface area contributed by atoms with Gasteiger partial charge in [-0.05, 0) is 70.6 Å². The summed E-state index contributed by atoms with van der Waals surface area (Å²) in [5, 5.41) is 0. The third-order valence-corrected chi connectivity index (χ3v) is 10.9. The predicted octanol–water partition coefficient (Wildman–Crippen LogP) is 16.1. The van der Waals surface area contributed by atoms with E-state index >= 15 is 0 Å². The van der Waals surface area contributed by atoms with Gasteiger partial charge in [0, 0.05) is 19.3 Å². The molecule has 0 aromatic heterocycles. The van der Waals surface area contributed by atoms with E-state index in [0.717, 1.165) is 77.0 Å². The fraction of sp³-hybridized carbons (Fsp3) is 0.827. The number of carbonyl (C=O) groups excluding carboxylic acids is 3. The van der Waals surface area contributed by atoms with Crippen LogP contribution in [0.15, 0.2) is 36.5 Å². The molecule has 6 heteroatoms. The van der Waals surface area contributed by atoms with Crippen LogP contribution in [0.25, 0.3) is 0 Å². The third-order valence-electron chi connectivity index (χ3n) is 10.9. The number of esters is 3. The van der Waals surface area contributed by atoms with Gasteiger partial charge in [-0.2, -0.15) is 0 Å². The molecule has 1 atom stereocenters. The summed E-state index contributed by atoms with van der Waals surface area (Å²) in [6.45, 7) is 6.57. The molecule has 0 amide bonds. The van der Waals surface area contributed by atoms with Crippen molar-refractivity contribution in [3.8, 4) is 0 Å². The molecule has 0 N–H and O–H groups in total. The second kappa shape index (κ2) is 47.3. The molecule has 0 aliphatic carbocycles. The first kappa shape index (κ1) is 55.6. The molecule has 0 unspecified atom stereocenters. The minimum absolute atomic E-state index is 0.0765. The molecule has 0 aromatic carbocycles. The van der Waals surface area contributed by atoms with E-state index in [0.29, 0.717) is 19.3 Å². The Morgan fingerprint density at radius 2 is 0.638 bits per heavy atom. The number of carbonyl (C=O) groups is 3. The zero-order valence-corrected chi connectivity index (χ0v) is 38.6. The van der Waals surface area contributed by atoms with Crippen molar-refractivity contribution in [3.05, 3.63) is 36.5 Å². The molecule has 0 radical (unpaired) electrons. The number of unbranched alkanes of at least 4 members (excludes halogenated alkanes) is 28. The molecule has 6 nitrogen and oxygen atoms in total. The van der Waals surface area contributed by atoms with E-state index in [1.807, 2.05) is 0 Å². The van der Waals surface area contributed by atoms with Gasteiger partial charge in [-0.3, -0.25) is 14.4 Å². The molecule has 0 aromatic rings. The van der Waals surface area contributed by atoms with E-state index in [1.54, 1.807) is 0 Å². The largest absolute Gasteiger partial charge is 0.462 e. The Bertz CT molecular complexity index is 984. The van der Waals surface area contributed by atoms with Crippen LogP contribution in [0, 0.1) is 0 Å². The van der Waals surface area contributed by atoms with Gasteiger partial charge >= 0.3 is 17.9 Å². The lowest BCUT2D eigenvalue weighted by molar-refractivity contribution is -0.167. The maximum atomic E-state index is 12.7. The highest BCUT2D eigenvalue weighted by Crippen LogP contribution is 2.15. The minimum Gasteiger partial charge on any atom is -0.462 e. The number of hydrogen-bond acceptors (Lipinski definition) is 6. The topological polar surface area (TPSA) is 78.9 Å². The Balaban J connectivity index is 4.34. The zero-order valence-electron chi connectivity index (χ0n) is 38.6. The summed E-state index contributed by atoms with van der Waals surface area (Å²) < 4.78 is 16.7. The fourth-order valence-electron chi connectivity index (χ4n) is 7.04. The molecule has 0 heterocycles. The van der Waals surface area contributed by atoms with Crippen LogP contribution in [0.1, 0.15) is 258 Å². The third kappa shape index (κ3) is 44.7. The van der Waals surface area contributed by atoms with Crippen LogP contribution >= 0.6 is 0 Å². The van der Waals surface area contributed by atoms with Gasteiger partial charge in [-0.25, -0.2) is 0 Å². The highest BCUT2D eigenvalue weighted by Gasteiger charge is 2.19. The maximum absolute atomic E-state index is 12.7. The summed E-state index contributed by atoms with van der Waals surface area (Å²) in [4.78, 5) is 37.8. The van der Waals surface area contributed by atoms with E-state index in [4.69, 9.17) is 14.2 Å². The Hall–Kier alpha value is -2.37. The lowest BCUT2D eigenvalue weighted by Crippen LogP contribution is -2.30. The summed E-state index contributed by atoms with van der Waals surface area (Å²) in [7, 11) is 0. The van der Waals surface area contributed by atoms with E-state index in [1.165, 1.54) is 141 Å². The van der Waals surface area contributed by atoms with Gasteiger partial charge in [-0.1, -0.05) is 205 Å². The molecule has 0 rings (SSSR count). The van der Waals surface area contributed by atoms with Crippen LogP contribution in [0.2, 0.25) is 0 Å². The normalized spacial score (nSPS) is 12.3. The highest BCUT2D eigenvalue weighted by atomic mass is 16.6. The van der Waals surface area contributed by atoms with E-state index in [-0.39, 0.29) is 31.1 Å². The Kier molecular flexibility index (Phi) is 45.4. The standard InChI is InChI=1S/C52H94O6/c1-4-7-10-13-16-19-22-24-25-26-27-28-31-33-36-39-42-45-51(54)57-48-49(47-56-50(53)44-41-38-35-32-29-21-18-15-12-9-6-3)58-52(55)46-43-40-37-34-30-23-20-17-14-11-8-5-2/h15-16,18-19,24-25,49H,4-14,17,20-23,26-48H2,1-3H3/b18-15-,19-16-,25-24-/t49-/m1/s1. The summed E-state index contributed by atoms with van der Waals surface area (Å²) in [5.41, 5.74) is 0. The van der Waals surface area contributed by atoms with Crippen LogP contribution < -0.4 is 0 Å². The molecule has 0 aliphatic heterocycles. The highest BCUT2D eigenvalue weighted by molar-refractivity contribution is 5.71. The van der Waals surface area contributed by atoms with Crippen LogP contribution in [0.5, 0.6) is 0 Å². The molecule has 338 valence electrons. The van der Waals surface area contributed by atoms with Gasteiger partial charge in [-0.15, -0.1) is 0 Å². The number of ether oxygens (including phenoxy) is 3. The molecule has 0 saturated carbocycles. The number of hydrogen-bond donors (Lipinski definition) is 0. The summed E-state index contributed by atoms with van der Waals surface area (Å²) in [6, 6.07) is 0. The molecule has 58 heavy (non-hydrogen) atoms. The van der Waals surface area contributed by atoms with Crippen molar-refractivity contribution in [2.24, 2.45) is 0 Å². The smallest absolute Gasteiger partial charge is 0.306 e. The van der Waals surface area contributed by atoms with Crippen LogP contribution in [-0.2, 0) is 28.6 Å². The van der Waals surface area contributed by atoms with Gasteiger partial charge in [0.2, 0.25) is 0 Å². The second-order valence-corrected chi connectivity index (χ2v) is 16.7. The Labute approximate surface area is 359 Å². The van der Waals surface area contributed by atoms with E-state index in [9.17, 15) is 14.4 Å². The van der Waals surface area contributed by atoms with Crippen molar-refractivity contribution >= 4 is 17.9 Å². The first-order chi connectivity index (χ1) is 28.5. The Morgan fingerprint density at radius 1 is 0.345 bits per heavy atom. The van der Waals surface area contributed by atoms with E-state index in [2.05, 4.69) is 57.2 Å². The molecule has 0 bridgehead atoms. The molecule has 0 spiro atoms. The SMILES string of the molecule is CCCC/C=C\CCCCCCCC(=O)OC[C@H](COC(=O)CCCCCCCCC/C=C\C/C=C\CCCCC)OC(=O)CCCCCCCCCCCCCC. The maximum Gasteiger partial charge on any atom is 0.306 e. The van der Waals surface area contributed by atoms with Gasteiger partial charge in [0.1, 0.15) is 13.2 Å². The van der Waals surface area contributed by atoms with Crippen molar-refractivity contribution in [1.82, 2.24) is 0 Å². The average Bonchev–Trinajstić information content (AvgIpc) is 3.22. The van der Waals surface area contributed by atoms with Crippen LogP contribution in [0.3, 0.4) is 0 Å². The molecule has 0 aliphatic rings. The van der Waals surface area contributed by atoms with Crippen molar-refractivity contribution in [3.63, 3.8) is 0 Å². The van der Waals surface area contributed by atoms with Gasteiger partial charge in [0.05, 0.1) is 0 Å². The van der Waals surface area contributed by atoms with Crippen molar-refractivity contribution in [2.75, 3.05) is 13.2 Å². The second-order valence-electron chi connectivity index (χ2n) is 16.7. The summed E-state index contributed by atoms with van der Waals surface area (Å²) in [6.07, 6.45) is 54.1. The van der Waals surface area contributed by atoms with Crippen molar-refractivity contribution in [2.45, 2.75) is 264 Å². The monoisotopic (exact) mass is 815 g/mol. The van der Waals surface area contributed by atoms with Gasteiger partial charge in [0.15, 0.2) is 6.10 Å². The van der Waals surface area contributed by atoms with Gasteiger partial charge in [0.25, 0.3) is 0 Å². The average molecular weight is 815 g/mol. The van der Waals surface area contributed by atoms with Crippen LogP contribution in [-0.4, -0.2) is 37.2 Å². The minimum atomic E-state index is -0.773. The quantitative estimate of drug-likeness (QED) is 0.0264. The molecular weight excluding hydrogens is 721 g/mol. The van der Waals surface area contributed by atoms with Gasteiger partial charge < -0.3 is 14.2 Å². The molecule has 0 saturated heterocycles. The van der Waals surface area contributed by atoms with E-state index < -0.39 is 6.10 Å². The predicted molar refractivity (Wildman–Crippen MR) is 247 cm³/mol.